The lowest BCUT2D eigenvalue weighted by Gasteiger charge is -2.45. The van der Waals surface area contributed by atoms with Gasteiger partial charge in [0.05, 0.1) is 0 Å². The van der Waals surface area contributed by atoms with Gasteiger partial charge in [-0.1, -0.05) is 0 Å². The molecule has 1 aromatic rings. The zero-order valence-electron chi connectivity index (χ0n) is 15.1. The molecule has 1 aromatic heterocycles. The standard InChI is InChI=1S/C18H28N4O2S/c1-14(12-15-4-11-25-13-15)20-17(24)22-9-5-18(6-10-22)16(23)19-7-3-8-21(18)2/h4,11,13-14H,3,5-10,12H2,1-2H3,(H,19,23)(H,20,24)/t14-/m1/s1. The molecule has 0 saturated carbocycles. The van der Waals surface area contributed by atoms with Crippen LogP contribution in [0.5, 0.6) is 0 Å². The second-order valence-corrected chi connectivity index (χ2v) is 8.02. The maximum absolute atomic E-state index is 12.6. The van der Waals surface area contributed by atoms with Crippen LogP contribution in [0.25, 0.3) is 0 Å². The van der Waals surface area contributed by atoms with Gasteiger partial charge in [0.1, 0.15) is 5.54 Å². The molecular weight excluding hydrogens is 336 g/mol. The summed E-state index contributed by atoms with van der Waals surface area (Å²) in [6.07, 6.45) is 3.22. The zero-order chi connectivity index (χ0) is 17.9. The minimum atomic E-state index is -0.449. The molecule has 0 unspecified atom stereocenters. The van der Waals surface area contributed by atoms with E-state index in [9.17, 15) is 9.59 Å². The van der Waals surface area contributed by atoms with Gasteiger partial charge in [-0.15, -0.1) is 0 Å². The summed E-state index contributed by atoms with van der Waals surface area (Å²) in [5.41, 5.74) is 0.808. The van der Waals surface area contributed by atoms with E-state index >= 15 is 0 Å². The topological polar surface area (TPSA) is 64.7 Å². The Kier molecular flexibility index (Phi) is 5.64. The number of urea groups is 1. The average molecular weight is 365 g/mol. The van der Waals surface area contributed by atoms with Crippen LogP contribution in [0.4, 0.5) is 4.79 Å². The van der Waals surface area contributed by atoms with Crippen molar-refractivity contribution in [2.24, 2.45) is 0 Å². The third-order valence-electron chi connectivity index (χ3n) is 5.48. The minimum absolute atomic E-state index is 0.0192. The largest absolute Gasteiger partial charge is 0.354 e. The van der Waals surface area contributed by atoms with Crippen LogP contribution in [0.15, 0.2) is 16.8 Å². The molecule has 7 heteroatoms. The number of amides is 3. The van der Waals surface area contributed by atoms with Crippen LogP contribution in [-0.4, -0.2) is 66.5 Å². The number of carbonyl (C=O) groups excluding carboxylic acids is 2. The summed E-state index contributed by atoms with van der Waals surface area (Å²) in [5.74, 6) is 0.124. The van der Waals surface area contributed by atoms with Crippen LogP contribution in [-0.2, 0) is 11.2 Å². The van der Waals surface area contributed by atoms with Crippen molar-refractivity contribution in [3.05, 3.63) is 22.4 Å². The highest BCUT2D eigenvalue weighted by molar-refractivity contribution is 7.07. The molecule has 2 aliphatic rings. The molecule has 2 aliphatic heterocycles. The lowest BCUT2D eigenvalue weighted by atomic mass is 9.85. The second-order valence-electron chi connectivity index (χ2n) is 7.24. The van der Waals surface area contributed by atoms with E-state index in [1.807, 2.05) is 18.9 Å². The fourth-order valence-corrected chi connectivity index (χ4v) is 4.56. The van der Waals surface area contributed by atoms with Crippen molar-refractivity contribution >= 4 is 23.3 Å². The van der Waals surface area contributed by atoms with Gasteiger partial charge >= 0.3 is 6.03 Å². The van der Waals surface area contributed by atoms with Crippen LogP contribution in [0.3, 0.4) is 0 Å². The number of rotatable bonds is 3. The van der Waals surface area contributed by atoms with E-state index in [0.29, 0.717) is 25.9 Å². The number of hydrogen-bond donors (Lipinski definition) is 2. The van der Waals surface area contributed by atoms with Gasteiger partial charge < -0.3 is 15.5 Å². The number of nitrogens with one attached hydrogen (secondary N) is 2. The van der Waals surface area contributed by atoms with Gasteiger partial charge in [-0.05, 0) is 62.0 Å². The number of thiophene rings is 1. The maximum Gasteiger partial charge on any atom is 0.317 e. The van der Waals surface area contributed by atoms with Crippen molar-refractivity contribution in [3.63, 3.8) is 0 Å². The summed E-state index contributed by atoms with van der Waals surface area (Å²) in [5, 5.41) is 10.3. The highest BCUT2D eigenvalue weighted by atomic mass is 32.1. The Bertz CT molecular complexity index is 596. The number of nitrogens with zero attached hydrogens (tertiary/aromatic N) is 2. The third kappa shape index (κ3) is 3.98. The van der Waals surface area contributed by atoms with Crippen LogP contribution < -0.4 is 10.6 Å². The number of carbonyl (C=O) groups is 2. The molecule has 2 N–H and O–H groups in total. The Balaban J connectivity index is 1.54. The quantitative estimate of drug-likeness (QED) is 0.858. The van der Waals surface area contributed by atoms with Gasteiger partial charge in [0.25, 0.3) is 0 Å². The fraction of sp³-hybridized carbons (Fsp3) is 0.667. The van der Waals surface area contributed by atoms with Crippen molar-refractivity contribution in [3.8, 4) is 0 Å². The Morgan fingerprint density at radius 1 is 1.40 bits per heavy atom. The van der Waals surface area contributed by atoms with Crippen LogP contribution in [0.1, 0.15) is 31.7 Å². The van der Waals surface area contributed by atoms with E-state index in [1.165, 1.54) is 5.56 Å². The molecule has 0 radical (unpaired) electrons. The minimum Gasteiger partial charge on any atom is -0.354 e. The monoisotopic (exact) mass is 364 g/mol. The number of piperidine rings is 1. The predicted octanol–water partition coefficient (Wildman–Crippen LogP) is 1.68. The van der Waals surface area contributed by atoms with Gasteiger partial charge in [0.15, 0.2) is 0 Å². The first kappa shape index (κ1) is 18.2. The molecule has 1 spiro atoms. The number of hydrogen-bond acceptors (Lipinski definition) is 4. The molecule has 1 atom stereocenters. The third-order valence-corrected chi connectivity index (χ3v) is 6.21. The molecule has 25 heavy (non-hydrogen) atoms. The number of likely N-dealkylation sites (N-methyl/N-ethyl adjacent to an activating group) is 1. The Morgan fingerprint density at radius 3 is 2.84 bits per heavy atom. The molecule has 0 bridgehead atoms. The molecule has 2 fully saturated rings. The Labute approximate surface area is 153 Å². The van der Waals surface area contributed by atoms with E-state index in [1.54, 1.807) is 11.3 Å². The fourth-order valence-electron chi connectivity index (χ4n) is 3.87. The smallest absolute Gasteiger partial charge is 0.317 e. The summed E-state index contributed by atoms with van der Waals surface area (Å²) in [7, 11) is 2.03. The summed E-state index contributed by atoms with van der Waals surface area (Å²) in [6.45, 7) is 4.94. The van der Waals surface area contributed by atoms with Gasteiger partial charge in [-0.2, -0.15) is 11.3 Å². The normalized spacial score (nSPS) is 22.3. The SMILES string of the molecule is C[C@H](Cc1ccsc1)NC(=O)N1CCC2(CC1)C(=O)NCCCN2C. The van der Waals surface area contributed by atoms with E-state index in [0.717, 1.165) is 25.9 Å². The van der Waals surface area contributed by atoms with Gasteiger partial charge in [0, 0.05) is 32.2 Å². The molecule has 3 heterocycles. The molecule has 3 rings (SSSR count). The lowest BCUT2D eigenvalue weighted by Crippen LogP contribution is -2.62. The van der Waals surface area contributed by atoms with E-state index in [-0.39, 0.29) is 18.0 Å². The van der Waals surface area contributed by atoms with E-state index in [2.05, 4.69) is 32.4 Å². The predicted molar refractivity (Wildman–Crippen MR) is 99.8 cm³/mol. The second kappa shape index (κ2) is 7.74. The Morgan fingerprint density at radius 2 is 2.16 bits per heavy atom. The molecule has 2 saturated heterocycles. The summed E-state index contributed by atoms with van der Waals surface area (Å²) >= 11 is 1.68. The van der Waals surface area contributed by atoms with Crippen molar-refractivity contribution in [2.45, 2.75) is 44.2 Å². The van der Waals surface area contributed by atoms with Crippen molar-refractivity contribution < 1.29 is 9.59 Å². The lowest BCUT2D eigenvalue weighted by molar-refractivity contribution is -0.134. The first-order valence-electron chi connectivity index (χ1n) is 9.07. The van der Waals surface area contributed by atoms with Crippen molar-refractivity contribution in [2.75, 3.05) is 33.2 Å². The van der Waals surface area contributed by atoms with E-state index < -0.39 is 5.54 Å². The van der Waals surface area contributed by atoms with Crippen molar-refractivity contribution in [1.82, 2.24) is 20.4 Å². The molecule has 6 nitrogen and oxygen atoms in total. The molecule has 0 aromatic carbocycles. The summed E-state index contributed by atoms with van der Waals surface area (Å²) in [4.78, 5) is 29.1. The van der Waals surface area contributed by atoms with Gasteiger partial charge in [-0.3, -0.25) is 9.69 Å². The van der Waals surface area contributed by atoms with Crippen LogP contribution in [0, 0.1) is 0 Å². The van der Waals surface area contributed by atoms with E-state index in [4.69, 9.17) is 0 Å². The molecule has 138 valence electrons. The molecule has 0 aliphatic carbocycles. The highest BCUT2D eigenvalue weighted by Crippen LogP contribution is 2.30. The average Bonchev–Trinajstić information content (AvgIpc) is 3.06. The maximum atomic E-state index is 12.6. The molecule has 3 amide bonds. The van der Waals surface area contributed by atoms with Gasteiger partial charge in [0.2, 0.25) is 5.91 Å². The zero-order valence-corrected chi connectivity index (χ0v) is 15.9. The Hall–Kier alpha value is -1.60. The highest BCUT2D eigenvalue weighted by Gasteiger charge is 2.46. The first-order valence-corrected chi connectivity index (χ1v) is 10.0. The van der Waals surface area contributed by atoms with Crippen LogP contribution >= 0.6 is 11.3 Å². The number of likely N-dealkylation sites (tertiary alicyclic amines) is 1. The van der Waals surface area contributed by atoms with Crippen LogP contribution in [0.2, 0.25) is 0 Å². The summed E-state index contributed by atoms with van der Waals surface area (Å²) < 4.78 is 0. The molecular formula is C18H28N4O2S. The van der Waals surface area contributed by atoms with Gasteiger partial charge in [-0.25, -0.2) is 4.79 Å². The summed E-state index contributed by atoms with van der Waals surface area (Å²) in [6, 6.07) is 2.18. The van der Waals surface area contributed by atoms with Crippen molar-refractivity contribution in [1.29, 1.82) is 0 Å². The first-order chi connectivity index (χ1) is 12.0.